The van der Waals surface area contributed by atoms with Crippen molar-refractivity contribution in [3.05, 3.63) is 51.2 Å². The lowest BCUT2D eigenvalue weighted by Gasteiger charge is -2.07. The number of thiophene rings is 1. The topological polar surface area (TPSA) is 79.2 Å². The number of anilines is 1. The third-order valence-corrected chi connectivity index (χ3v) is 4.56. The first-order valence-corrected chi connectivity index (χ1v) is 7.92. The number of hydrogen-bond donors (Lipinski definition) is 1. The van der Waals surface area contributed by atoms with Crippen LogP contribution in [0.5, 0.6) is 0 Å². The van der Waals surface area contributed by atoms with Crippen LogP contribution in [0.3, 0.4) is 0 Å². The van der Waals surface area contributed by atoms with E-state index in [0.717, 1.165) is 16.9 Å². The first-order valence-electron chi connectivity index (χ1n) is 7.10. The number of amides is 1. The summed E-state index contributed by atoms with van der Waals surface area (Å²) in [7, 11) is 0. The molecule has 0 spiro atoms. The third kappa shape index (κ3) is 4.18. The van der Waals surface area contributed by atoms with Gasteiger partial charge in [-0.2, -0.15) is 5.26 Å². The van der Waals surface area contributed by atoms with E-state index < -0.39 is 18.5 Å². The second-order valence-electron chi connectivity index (χ2n) is 4.85. The number of ether oxygens (including phenoxy) is 1. The minimum Gasteiger partial charge on any atom is -0.451 e. The van der Waals surface area contributed by atoms with Crippen LogP contribution in [0.2, 0.25) is 0 Å². The van der Waals surface area contributed by atoms with Crippen molar-refractivity contribution in [2.24, 2.45) is 0 Å². The van der Waals surface area contributed by atoms with Crippen LogP contribution in [0.4, 0.5) is 5.69 Å². The molecule has 23 heavy (non-hydrogen) atoms. The maximum atomic E-state index is 12.0. The molecule has 2 rings (SSSR count). The van der Waals surface area contributed by atoms with Gasteiger partial charge in [0.25, 0.3) is 5.91 Å². The molecule has 0 radical (unpaired) electrons. The van der Waals surface area contributed by atoms with E-state index in [1.54, 1.807) is 30.3 Å². The van der Waals surface area contributed by atoms with Crippen molar-refractivity contribution in [2.75, 3.05) is 11.9 Å². The molecule has 1 amide bonds. The number of nitrogens with zero attached hydrogens (tertiary/aromatic N) is 1. The summed E-state index contributed by atoms with van der Waals surface area (Å²) in [6, 6.07) is 10.4. The molecule has 0 saturated carbocycles. The molecule has 1 aromatic heterocycles. The van der Waals surface area contributed by atoms with E-state index in [-0.39, 0.29) is 0 Å². The minimum absolute atomic E-state index is 0.355. The number of hydrogen-bond acceptors (Lipinski definition) is 5. The second kappa shape index (κ2) is 7.56. The predicted molar refractivity (Wildman–Crippen MR) is 88.5 cm³/mol. The predicted octanol–water partition coefficient (Wildman–Crippen LogP) is 3.29. The molecule has 0 unspecified atom stereocenters. The quantitative estimate of drug-likeness (QED) is 0.854. The number of nitrogens with one attached hydrogen (secondary N) is 1. The average molecular weight is 328 g/mol. The Kier molecular flexibility index (Phi) is 5.50. The molecule has 0 saturated heterocycles. The summed E-state index contributed by atoms with van der Waals surface area (Å²) < 4.78 is 5.02. The van der Waals surface area contributed by atoms with E-state index in [0.29, 0.717) is 16.1 Å². The maximum Gasteiger partial charge on any atom is 0.348 e. The lowest BCUT2D eigenvalue weighted by atomic mass is 10.2. The minimum atomic E-state index is -0.512. The Hall–Kier alpha value is -2.65. The van der Waals surface area contributed by atoms with Crippen molar-refractivity contribution in [1.29, 1.82) is 5.26 Å². The number of esters is 1. The average Bonchev–Trinajstić information content (AvgIpc) is 2.94. The zero-order valence-electron chi connectivity index (χ0n) is 12.9. The van der Waals surface area contributed by atoms with Gasteiger partial charge in [0.1, 0.15) is 10.9 Å². The van der Waals surface area contributed by atoms with E-state index in [4.69, 9.17) is 10.00 Å². The van der Waals surface area contributed by atoms with Crippen molar-refractivity contribution in [3.8, 4) is 6.07 Å². The molecule has 0 aliphatic rings. The van der Waals surface area contributed by atoms with E-state index >= 15 is 0 Å². The Labute approximate surface area is 138 Å². The summed E-state index contributed by atoms with van der Waals surface area (Å²) in [5.74, 6) is -0.994. The normalized spacial score (nSPS) is 9.96. The van der Waals surface area contributed by atoms with Crippen molar-refractivity contribution in [2.45, 2.75) is 20.3 Å². The summed E-state index contributed by atoms with van der Waals surface area (Å²) in [6.07, 6.45) is 0.856. The number of carbonyl (C=O) groups excluding carboxylic acids is 2. The molecule has 1 N–H and O–H groups in total. The summed E-state index contributed by atoms with van der Waals surface area (Å²) in [4.78, 5) is 25.4. The summed E-state index contributed by atoms with van der Waals surface area (Å²) in [5.41, 5.74) is 1.81. The van der Waals surface area contributed by atoms with E-state index in [9.17, 15) is 9.59 Å². The fourth-order valence-electron chi connectivity index (χ4n) is 2.05. The van der Waals surface area contributed by atoms with Gasteiger partial charge < -0.3 is 10.1 Å². The Morgan fingerprint density at radius 1 is 1.35 bits per heavy atom. The standard InChI is InChI=1S/C17H16N2O3S/c1-3-14-11(2)8-15(23-14)17(21)22-10-16(20)19-13-7-5-4-6-12(13)9-18/h4-8H,3,10H2,1-2H3,(H,19,20). The number of nitriles is 1. The molecule has 0 bridgehead atoms. The molecule has 0 aliphatic heterocycles. The summed E-state index contributed by atoms with van der Waals surface area (Å²) in [6.45, 7) is 3.57. The van der Waals surface area contributed by atoms with Gasteiger partial charge in [-0.1, -0.05) is 19.1 Å². The molecule has 1 heterocycles. The summed E-state index contributed by atoms with van der Waals surface area (Å²) in [5, 5.41) is 11.5. The van der Waals surface area contributed by atoms with Crippen LogP contribution in [0.25, 0.3) is 0 Å². The number of rotatable bonds is 5. The van der Waals surface area contributed by atoms with Crippen LogP contribution in [-0.4, -0.2) is 18.5 Å². The highest BCUT2D eigenvalue weighted by Crippen LogP contribution is 2.23. The van der Waals surface area contributed by atoms with Gasteiger partial charge in [-0.3, -0.25) is 4.79 Å². The fourth-order valence-corrected chi connectivity index (χ4v) is 3.06. The molecule has 0 atom stereocenters. The monoisotopic (exact) mass is 328 g/mol. The Morgan fingerprint density at radius 3 is 2.74 bits per heavy atom. The number of aryl methyl sites for hydroxylation is 2. The Bertz CT molecular complexity index is 774. The highest BCUT2D eigenvalue weighted by atomic mass is 32.1. The number of carbonyl (C=O) groups is 2. The number of para-hydroxylation sites is 1. The van der Waals surface area contributed by atoms with Crippen LogP contribution in [-0.2, 0) is 16.0 Å². The molecule has 0 fully saturated rings. The molecule has 5 nitrogen and oxygen atoms in total. The molecular weight excluding hydrogens is 312 g/mol. The molecular formula is C17H16N2O3S. The van der Waals surface area contributed by atoms with Crippen LogP contribution in [0.1, 0.15) is 32.6 Å². The smallest absolute Gasteiger partial charge is 0.348 e. The Balaban J connectivity index is 1.93. The van der Waals surface area contributed by atoms with Crippen LogP contribution in [0.15, 0.2) is 30.3 Å². The highest BCUT2D eigenvalue weighted by Gasteiger charge is 2.15. The van der Waals surface area contributed by atoms with Gasteiger partial charge >= 0.3 is 5.97 Å². The summed E-state index contributed by atoms with van der Waals surface area (Å²) >= 11 is 1.38. The van der Waals surface area contributed by atoms with E-state index in [1.165, 1.54) is 11.3 Å². The molecule has 0 aliphatic carbocycles. The lowest BCUT2D eigenvalue weighted by Crippen LogP contribution is -2.21. The van der Waals surface area contributed by atoms with Gasteiger partial charge in [-0.05, 0) is 37.1 Å². The van der Waals surface area contributed by atoms with Crippen molar-refractivity contribution < 1.29 is 14.3 Å². The maximum absolute atomic E-state index is 12.0. The van der Waals surface area contributed by atoms with Crippen LogP contribution in [0, 0.1) is 18.3 Å². The Morgan fingerprint density at radius 2 is 2.09 bits per heavy atom. The first-order chi connectivity index (χ1) is 11.0. The fraction of sp³-hybridized carbons (Fsp3) is 0.235. The lowest BCUT2D eigenvalue weighted by molar-refractivity contribution is -0.119. The van der Waals surface area contributed by atoms with Crippen molar-refractivity contribution in [1.82, 2.24) is 0 Å². The van der Waals surface area contributed by atoms with E-state index in [2.05, 4.69) is 5.32 Å². The first kappa shape index (κ1) is 16.7. The van der Waals surface area contributed by atoms with Gasteiger partial charge in [0.2, 0.25) is 0 Å². The highest BCUT2D eigenvalue weighted by molar-refractivity contribution is 7.14. The third-order valence-electron chi connectivity index (χ3n) is 3.20. The second-order valence-corrected chi connectivity index (χ2v) is 5.99. The van der Waals surface area contributed by atoms with Gasteiger partial charge in [0.05, 0.1) is 11.3 Å². The zero-order valence-corrected chi connectivity index (χ0v) is 13.7. The van der Waals surface area contributed by atoms with E-state index in [1.807, 2.05) is 19.9 Å². The molecule has 6 heteroatoms. The zero-order chi connectivity index (χ0) is 16.8. The molecule has 1 aromatic carbocycles. The van der Waals surface area contributed by atoms with Gasteiger partial charge in [0, 0.05) is 4.88 Å². The van der Waals surface area contributed by atoms with Crippen molar-refractivity contribution in [3.63, 3.8) is 0 Å². The SMILES string of the molecule is CCc1sc(C(=O)OCC(=O)Nc2ccccc2C#N)cc1C. The van der Waals surface area contributed by atoms with Crippen LogP contribution < -0.4 is 5.32 Å². The molecule has 118 valence electrons. The molecule has 2 aromatic rings. The van der Waals surface area contributed by atoms with Crippen molar-refractivity contribution >= 4 is 28.9 Å². The number of benzene rings is 1. The van der Waals surface area contributed by atoms with Gasteiger partial charge in [0.15, 0.2) is 6.61 Å². The van der Waals surface area contributed by atoms with Gasteiger partial charge in [-0.25, -0.2) is 4.79 Å². The van der Waals surface area contributed by atoms with Crippen LogP contribution >= 0.6 is 11.3 Å². The largest absolute Gasteiger partial charge is 0.451 e. The van der Waals surface area contributed by atoms with Gasteiger partial charge in [-0.15, -0.1) is 11.3 Å².